The fourth-order valence-corrected chi connectivity index (χ4v) is 2.63. The van der Waals surface area contributed by atoms with E-state index in [-0.39, 0.29) is 37.7 Å². The summed E-state index contributed by atoms with van der Waals surface area (Å²) in [6, 6.07) is 0. The number of carbonyl (C=O) groups excluding carboxylic acids is 4. The van der Waals surface area contributed by atoms with E-state index in [1.165, 1.54) is 14.2 Å². The SMILES string of the molecule is COC(=O)CCNC(=O)[C@@H]1CCC[C@H]1C(=O)NCCC(=O)OC. The third-order valence-corrected chi connectivity index (χ3v) is 3.90. The Morgan fingerprint density at radius 3 is 1.57 bits per heavy atom. The number of nitrogens with one attached hydrogen (secondary N) is 2. The van der Waals surface area contributed by atoms with Gasteiger partial charge in [0.15, 0.2) is 0 Å². The molecular formula is C15H24N2O6. The van der Waals surface area contributed by atoms with Gasteiger partial charge in [0.25, 0.3) is 0 Å². The predicted molar refractivity (Wildman–Crippen MR) is 80.1 cm³/mol. The van der Waals surface area contributed by atoms with Crippen LogP contribution in [0.2, 0.25) is 0 Å². The van der Waals surface area contributed by atoms with E-state index in [4.69, 9.17) is 0 Å². The Kier molecular flexibility index (Phi) is 8.07. The van der Waals surface area contributed by atoms with E-state index in [2.05, 4.69) is 20.1 Å². The van der Waals surface area contributed by atoms with Gasteiger partial charge in [0, 0.05) is 24.9 Å². The van der Waals surface area contributed by atoms with Gasteiger partial charge in [-0.3, -0.25) is 19.2 Å². The Hall–Kier alpha value is -2.12. The molecule has 0 aromatic heterocycles. The quantitative estimate of drug-likeness (QED) is 0.595. The lowest BCUT2D eigenvalue weighted by atomic mass is 9.94. The van der Waals surface area contributed by atoms with Crippen molar-refractivity contribution in [2.75, 3.05) is 27.3 Å². The summed E-state index contributed by atoms with van der Waals surface area (Å²) in [6.07, 6.45) is 2.28. The van der Waals surface area contributed by atoms with E-state index < -0.39 is 23.8 Å². The highest BCUT2D eigenvalue weighted by atomic mass is 16.5. The molecule has 2 atom stereocenters. The Bertz CT molecular complexity index is 411. The lowest BCUT2D eigenvalue weighted by Crippen LogP contribution is -2.40. The van der Waals surface area contributed by atoms with Crippen molar-refractivity contribution in [3.63, 3.8) is 0 Å². The van der Waals surface area contributed by atoms with Crippen LogP contribution in [0.1, 0.15) is 32.1 Å². The van der Waals surface area contributed by atoms with Crippen LogP contribution in [0, 0.1) is 11.8 Å². The zero-order valence-corrected chi connectivity index (χ0v) is 13.6. The molecule has 1 aliphatic rings. The number of methoxy groups -OCH3 is 2. The molecule has 0 bridgehead atoms. The molecule has 8 nitrogen and oxygen atoms in total. The normalized spacial score (nSPS) is 19.7. The third kappa shape index (κ3) is 6.25. The number of ether oxygens (including phenoxy) is 2. The van der Waals surface area contributed by atoms with E-state index in [9.17, 15) is 19.2 Å². The maximum absolute atomic E-state index is 12.1. The second kappa shape index (κ2) is 9.81. The number of esters is 2. The number of amides is 2. The summed E-state index contributed by atoms with van der Waals surface area (Å²) >= 11 is 0. The summed E-state index contributed by atoms with van der Waals surface area (Å²) in [4.78, 5) is 46.3. The van der Waals surface area contributed by atoms with Crippen LogP contribution in [-0.4, -0.2) is 51.1 Å². The van der Waals surface area contributed by atoms with Crippen LogP contribution in [0.5, 0.6) is 0 Å². The van der Waals surface area contributed by atoms with Crippen molar-refractivity contribution in [2.45, 2.75) is 32.1 Å². The highest BCUT2D eigenvalue weighted by Gasteiger charge is 2.37. The Morgan fingerprint density at radius 2 is 1.22 bits per heavy atom. The average Bonchev–Trinajstić information content (AvgIpc) is 3.03. The minimum Gasteiger partial charge on any atom is -0.469 e. The smallest absolute Gasteiger partial charge is 0.307 e. The largest absolute Gasteiger partial charge is 0.469 e. The highest BCUT2D eigenvalue weighted by Crippen LogP contribution is 2.32. The van der Waals surface area contributed by atoms with Crippen molar-refractivity contribution in [2.24, 2.45) is 11.8 Å². The van der Waals surface area contributed by atoms with Crippen LogP contribution in [0.25, 0.3) is 0 Å². The van der Waals surface area contributed by atoms with E-state index >= 15 is 0 Å². The lowest BCUT2D eigenvalue weighted by molar-refractivity contribution is -0.142. The first-order valence-corrected chi connectivity index (χ1v) is 7.68. The van der Waals surface area contributed by atoms with Crippen molar-refractivity contribution >= 4 is 23.8 Å². The first-order valence-electron chi connectivity index (χ1n) is 7.68. The first-order chi connectivity index (χ1) is 11.0. The van der Waals surface area contributed by atoms with Gasteiger partial charge < -0.3 is 20.1 Å². The summed E-state index contributed by atoms with van der Waals surface area (Å²) in [6.45, 7) is 0.386. The van der Waals surface area contributed by atoms with Crippen molar-refractivity contribution in [1.29, 1.82) is 0 Å². The van der Waals surface area contributed by atoms with Gasteiger partial charge in [0.05, 0.1) is 27.1 Å². The molecule has 23 heavy (non-hydrogen) atoms. The second-order valence-electron chi connectivity index (χ2n) is 5.38. The molecule has 0 saturated heterocycles. The van der Waals surface area contributed by atoms with Gasteiger partial charge in [0.2, 0.25) is 11.8 Å². The number of carbonyl (C=O) groups is 4. The molecule has 2 N–H and O–H groups in total. The average molecular weight is 328 g/mol. The lowest BCUT2D eigenvalue weighted by Gasteiger charge is -2.18. The minimum atomic E-state index is -0.397. The van der Waals surface area contributed by atoms with Gasteiger partial charge in [-0.2, -0.15) is 0 Å². The van der Waals surface area contributed by atoms with Gasteiger partial charge in [-0.15, -0.1) is 0 Å². The van der Waals surface area contributed by atoms with E-state index in [1.54, 1.807) is 0 Å². The molecule has 1 rings (SSSR count). The monoisotopic (exact) mass is 328 g/mol. The van der Waals surface area contributed by atoms with E-state index in [1.807, 2.05) is 0 Å². The molecule has 2 amide bonds. The fourth-order valence-electron chi connectivity index (χ4n) is 2.63. The van der Waals surface area contributed by atoms with Crippen molar-refractivity contribution < 1.29 is 28.7 Å². The summed E-state index contributed by atoms with van der Waals surface area (Å²) in [5.41, 5.74) is 0. The zero-order chi connectivity index (χ0) is 17.2. The number of hydrogen-bond acceptors (Lipinski definition) is 6. The molecule has 8 heteroatoms. The van der Waals surface area contributed by atoms with Gasteiger partial charge >= 0.3 is 11.9 Å². The van der Waals surface area contributed by atoms with Gasteiger partial charge in [-0.1, -0.05) is 6.42 Å². The summed E-state index contributed by atoms with van der Waals surface area (Å²) in [5.74, 6) is -2.03. The van der Waals surface area contributed by atoms with Crippen molar-refractivity contribution in [3.05, 3.63) is 0 Å². The molecule has 0 heterocycles. The molecule has 0 aromatic carbocycles. The molecule has 1 fully saturated rings. The highest BCUT2D eigenvalue weighted by molar-refractivity contribution is 5.88. The maximum Gasteiger partial charge on any atom is 0.307 e. The standard InChI is InChI=1S/C15H24N2O6/c1-22-12(18)6-8-16-14(20)10-4-3-5-11(10)15(21)17-9-7-13(19)23-2/h10-11H,3-9H2,1-2H3,(H,16,20)(H,17,21)/t10-,11-/m1/s1. The van der Waals surface area contributed by atoms with Crippen LogP contribution >= 0.6 is 0 Å². The molecule has 0 aliphatic heterocycles. The Balaban J connectivity index is 2.39. The van der Waals surface area contributed by atoms with Crippen LogP contribution in [0.15, 0.2) is 0 Å². The summed E-state index contributed by atoms with van der Waals surface area (Å²) in [5, 5.41) is 5.33. The molecule has 0 spiro atoms. The molecule has 1 aliphatic carbocycles. The maximum atomic E-state index is 12.1. The second-order valence-corrected chi connectivity index (χ2v) is 5.38. The van der Waals surface area contributed by atoms with E-state index in [0.717, 1.165) is 6.42 Å². The Morgan fingerprint density at radius 1 is 0.826 bits per heavy atom. The summed E-state index contributed by atoms with van der Waals surface area (Å²) in [7, 11) is 2.58. The molecule has 0 aromatic rings. The third-order valence-electron chi connectivity index (χ3n) is 3.90. The summed E-state index contributed by atoms with van der Waals surface area (Å²) < 4.78 is 9.00. The number of hydrogen-bond donors (Lipinski definition) is 2. The first kappa shape index (κ1) is 18.9. The zero-order valence-electron chi connectivity index (χ0n) is 13.6. The van der Waals surface area contributed by atoms with Crippen LogP contribution < -0.4 is 10.6 Å². The molecule has 0 radical (unpaired) electrons. The van der Waals surface area contributed by atoms with Crippen LogP contribution in [-0.2, 0) is 28.7 Å². The van der Waals surface area contributed by atoms with Gasteiger partial charge in [-0.05, 0) is 12.8 Å². The Labute approximate surface area is 135 Å². The van der Waals surface area contributed by atoms with Crippen molar-refractivity contribution in [1.82, 2.24) is 10.6 Å². The fraction of sp³-hybridized carbons (Fsp3) is 0.733. The predicted octanol–water partition coefficient (Wildman–Crippen LogP) is -0.239. The van der Waals surface area contributed by atoms with Gasteiger partial charge in [0.1, 0.15) is 0 Å². The van der Waals surface area contributed by atoms with Gasteiger partial charge in [-0.25, -0.2) is 0 Å². The topological polar surface area (TPSA) is 111 Å². The van der Waals surface area contributed by atoms with E-state index in [0.29, 0.717) is 12.8 Å². The molecule has 130 valence electrons. The van der Waals surface area contributed by atoms with Crippen LogP contribution in [0.3, 0.4) is 0 Å². The number of rotatable bonds is 8. The van der Waals surface area contributed by atoms with Crippen molar-refractivity contribution in [3.8, 4) is 0 Å². The molecular weight excluding hydrogens is 304 g/mol. The molecule has 1 saturated carbocycles. The minimum absolute atomic E-state index is 0.102. The molecule has 0 unspecified atom stereocenters. The van der Waals surface area contributed by atoms with Crippen LogP contribution in [0.4, 0.5) is 0 Å².